The molecule has 0 spiro atoms. The summed E-state index contributed by atoms with van der Waals surface area (Å²) in [7, 11) is 0. The van der Waals surface area contributed by atoms with Gasteiger partial charge in [0.05, 0.1) is 6.54 Å². The number of rotatable bonds is 4. The Morgan fingerprint density at radius 3 is 2.67 bits per heavy atom. The Labute approximate surface area is 74.8 Å². The lowest BCUT2D eigenvalue weighted by molar-refractivity contribution is 0.367. The highest BCUT2D eigenvalue weighted by Gasteiger charge is 2.11. The molecule has 0 amide bonds. The molecule has 0 atom stereocenters. The van der Waals surface area contributed by atoms with Crippen LogP contribution in [0.1, 0.15) is 32.1 Å². The van der Waals surface area contributed by atoms with Crippen LogP contribution in [0.15, 0.2) is 9.98 Å². The lowest BCUT2D eigenvalue weighted by Gasteiger charge is -2.19. The number of nitrogens with zero attached hydrogens (tertiary/aromatic N) is 2. The van der Waals surface area contributed by atoms with Crippen LogP contribution in [-0.2, 0) is 0 Å². The second kappa shape index (κ2) is 5.92. The first-order chi connectivity index (χ1) is 5.93. The van der Waals surface area contributed by atoms with Gasteiger partial charge in [-0.15, -0.1) is 0 Å². The van der Waals surface area contributed by atoms with E-state index in [2.05, 4.69) is 16.7 Å². The topological polar surface area (TPSA) is 24.7 Å². The van der Waals surface area contributed by atoms with Crippen molar-refractivity contribution in [3.63, 3.8) is 0 Å². The Morgan fingerprint density at radius 2 is 2.00 bits per heavy atom. The zero-order valence-electron chi connectivity index (χ0n) is 7.71. The Bertz CT molecular complexity index is 146. The maximum atomic E-state index is 4.33. The van der Waals surface area contributed by atoms with Crippen molar-refractivity contribution in [2.75, 3.05) is 13.1 Å². The summed E-state index contributed by atoms with van der Waals surface area (Å²) < 4.78 is 0. The van der Waals surface area contributed by atoms with Gasteiger partial charge in [-0.2, -0.15) is 0 Å². The Hall–Kier alpha value is -0.660. The second-order valence-electron chi connectivity index (χ2n) is 3.46. The smallest absolute Gasteiger partial charge is 0.0730 e. The van der Waals surface area contributed by atoms with E-state index in [1.807, 2.05) is 6.21 Å². The molecule has 1 aliphatic rings. The molecular weight excluding hydrogens is 148 g/mol. The molecule has 0 aromatic heterocycles. The molecule has 0 bridgehead atoms. The van der Waals surface area contributed by atoms with Crippen LogP contribution < -0.4 is 0 Å². The van der Waals surface area contributed by atoms with Crippen LogP contribution in [0.4, 0.5) is 0 Å². The molecule has 0 saturated heterocycles. The zero-order valence-corrected chi connectivity index (χ0v) is 7.71. The fourth-order valence-corrected chi connectivity index (χ4v) is 1.71. The van der Waals surface area contributed by atoms with Gasteiger partial charge in [0, 0.05) is 12.8 Å². The van der Waals surface area contributed by atoms with Crippen molar-refractivity contribution in [3.05, 3.63) is 0 Å². The summed E-state index contributed by atoms with van der Waals surface area (Å²) in [5.74, 6) is 0.847. The molecule has 0 aliphatic heterocycles. The number of hydrogen-bond acceptors (Lipinski definition) is 2. The van der Waals surface area contributed by atoms with E-state index in [0.29, 0.717) is 6.54 Å². The maximum Gasteiger partial charge on any atom is 0.0730 e. The second-order valence-corrected chi connectivity index (χ2v) is 3.46. The van der Waals surface area contributed by atoms with Crippen LogP contribution in [0, 0.1) is 5.92 Å². The summed E-state index contributed by atoms with van der Waals surface area (Å²) in [5, 5.41) is 0. The average Bonchev–Trinajstić information content (AvgIpc) is 2.14. The summed E-state index contributed by atoms with van der Waals surface area (Å²) in [6, 6.07) is 0. The molecule has 0 heterocycles. The van der Waals surface area contributed by atoms with Crippen LogP contribution >= 0.6 is 0 Å². The van der Waals surface area contributed by atoms with E-state index in [0.717, 1.165) is 12.5 Å². The molecule has 2 nitrogen and oxygen atoms in total. The highest BCUT2D eigenvalue weighted by molar-refractivity contribution is 5.60. The van der Waals surface area contributed by atoms with Gasteiger partial charge >= 0.3 is 0 Å². The molecule has 1 aliphatic carbocycles. The molecule has 68 valence electrons. The van der Waals surface area contributed by atoms with Crippen molar-refractivity contribution in [1.29, 1.82) is 0 Å². The molecule has 1 fully saturated rings. The van der Waals surface area contributed by atoms with Crippen LogP contribution in [0.3, 0.4) is 0 Å². The van der Waals surface area contributed by atoms with Crippen molar-refractivity contribution in [2.45, 2.75) is 32.1 Å². The average molecular weight is 166 g/mol. The van der Waals surface area contributed by atoms with Crippen molar-refractivity contribution in [3.8, 4) is 0 Å². The van der Waals surface area contributed by atoms with Gasteiger partial charge in [0.2, 0.25) is 0 Å². The van der Waals surface area contributed by atoms with E-state index in [1.54, 1.807) is 0 Å². The summed E-state index contributed by atoms with van der Waals surface area (Å²) >= 11 is 0. The molecule has 12 heavy (non-hydrogen) atoms. The normalized spacial score (nSPS) is 20.0. The summed E-state index contributed by atoms with van der Waals surface area (Å²) in [6.07, 6.45) is 8.85. The van der Waals surface area contributed by atoms with Gasteiger partial charge in [-0.25, -0.2) is 0 Å². The van der Waals surface area contributed by atoms with E-state index in [4.69, 9.17) is 0 Å². The first-order valence-corrected chi connectivity index (χ1v) is 4.84. The Morgan fingerprint density at radius 1 is 1.25 bits per heavy atom. The zero-order chi connectivity index (χ0) is 8.65. The molecule has 1 rings (SSSR count). The number of aliphatic imine (C=N–C) groups is 2. The third-order valence-corrected chi connectivity index (χ3v) is 2.43. The van der Waals surface area contributed by atoms with Gasteiger partial charge in [0.1, 0.15) is 0 Å². The molecule has 0 unspecified atom stereocenters. The molecule has 2 heteroatoms. The minimum absolute atomic E-state index is 0.673. The molecule has 0 aromatic rings. The predicted molar refractivity (Wildman–Crippen MR) is 54.4 cm³/mol. The third kappa shape index (κ3) is 3.65. The lowest BCUT2D eigenvalue weighted by atomic mass is 9.89. The molecule has 0 aromatic carbocycles. The Balaban J connectivity index is 2.08. The molecular formula is C10H18N2. The Kier molecular flexibility index (Phi) is 4.65. The monoisotopic (exact) mass is 166 g/mol. The highest BCUT2D eigenvalue weighted by Crippen LogP contribution is 2.23. The van der Waals surface area contributed by atoms with Crippen molar-refractivity contribution in [1.82, 2.24) is 0 Å². The quantitative estimate of drug-likeness (QED) is 0.573. The van der Waals surface area contributed by atoms with Gasteiger partial charge in [0.25, 0.3) is 0 Å². The predicted octanol–water partition coefficient (Wildman–Crippen LogP) is 2.34. The van der Waals surface area contributed by atoms with Crippen LogP contribution in [-0.4, -0.2) is 26.0 Å². The SMILES string of the molecule is C=NCC=NCC1CCCCC1. The lowest BCUT2D eigenvalue weighted by Crippen LogP contribution is -2.09. The van der Waals surface area contributed by atoms with Crippen LogP contribution in [0.25, 0.3) is 0 Å². The maximum absolute atomic E-state index is 4.33. The van der Waals surface area contributed by atoms with Gasteiger partial charge in [-0.1, -0.05) is 19.3 Å². The minimum atomic E-state index is 0.673. The van der Waals surface area contributed by atoms with Crippen molar-refractivity contribution in [2.24, 2.45) is 15.9 Å². The highest BCUT2D eigenvalue weighted by atomic mass is 14.8. The summed E-state index contributed by atoms with van der Waals surface area (Å²) in [4.78, 5) is 8.05. The molecule has 0 radical (unpaired) electrons. The number of hydrogen-bond donors (Lipinski definition) is 0. The third-order valence-electron chi connectivity index (χ3n) is 2.43. The first kappa shape index (κ1) is 9.43. The van der Waals surface area contributed by atoms with Crippen molar-refractivity contribution < 1.29 is 0 Å². The fourth-order valence-electron chi connectivity index (χ4n) is 1.71. The van der Waals surface area contributed by atoms with Crippen LogP contribution in [0.2, 0.25) is 0 Å². The van der Waals surface area contributed by atoms with Gasteiger partial charge in [-0.05, 0) is 25.5 Å². The molecule has 1 saturated carbocycles. The van der Waals surface area contributed by atoms with E-state index in [-0.39, 0.29) is 0 Å². The minimum Gasteiger partial charge on any atom is -0.295 e. The van der Waals surface area contributed by atoms with Gasteiger partial charge < -0.3 is 0 Å². The van der Waals surface area contributed by atoms with E-state index >= 15 is 0 Å². The molecule has 0 N–H and O–H groups in total. The summed E-state index contributed by atoms with van der Waals surface area (Å²) in [6.45, 7) is 5.09. The van der Waals surface area contributed by atoms with Gasteiger partial charge in [-0.3, -0.25) is 9.98 Å². The van der Waals surface area contributed by atoms with Crippen LogP contribution in [0.5, 0.6) is 0 Å². The fraction of sp³-hybridized carbons (Fsp3) is 0.800. The first-order valence-electron chi connectivity index (χ1n) is 4.84. The van der Waals surface area contributed by atoms with E-state index in [9.17, 15) is 0 Å². The van der Waals surface area contributed by atoms with E-state index in [1.165, 1.54) is 32.1 Å². The van der Waals surface area contributed by atoms with E-state index < -0.39 is 0 Å². The largest absolute Gasteiger partial charge is 0.295 e. The van der Waals surface area contributed by atoms with Crippen molar-refractivity contribution >= 4 is 12.9 Å². The standard InChI is InChI=1S/C10H18N2/c1-11-7-8-12-9-10-5-3-2-4-6-10/h8,10H,1-7,9H2. The summed E-state index contributed by atoms with van der Waals surface area (Å²) in [5.41, 5.74) is 0. The van der Waals surface area contributed by atoms with Gasteiger partial charge in [0.15, 0.2) is 0 Å².